The number of rotatable bonds is 7. The molecular formula is C25H36O2. The van der Waals surface area contributed by atoms with Gasteiger partial charge in [-0.2, -0.15) is 0 Å². The third-order valence-electron chi connectivity index (χ3n) is 5.11. The fourth-order valence-electron chi connectivity index (χ4n) is 3.62. The van der Waals surface area contributed by atoms with E-state index < -0.39 is 0 Å². The summed E-state index contributed by atoms with van der Waals surface area (Å²) in [4.78, 5) is 0. The summed E-state index contributed by atoms with van der Waals surface area (Å²) in [5.74, 6) is 2.34. The van der Waals surface area contributed by atoms with Crippen LogP contribution in [0.5, 0.6) is 11.5 Å². The summed E-state index contributed by atoms with van der Waals surface area (Å²) in [6.07, 6.45) is 3.30. The van der Waals surface area contributed by atoms with Crippen molar-refractivity contribution < 1.29 is 9.47 Å². The van der Waals surface area contributed by atoms with E-state index in [0.29, 0.717) is 5.92 Å². The molecule has 2 rings (SSSR count). The first-order valence-corrected chi connectivity index (χ1v) is 10.2. The number of hydrogen-bond donors (Lipinski definition) is 0. The first-order chi connectivity index (χ1) is 12.7. The minimum Gasteiger partial charge on any atom is -0.496 e. The predicted octanol–water partition coefficient (Wildman–Crippen LogP) is 7.31. The highest BCUT2D eigenvalue weighted by molar-refractivity contribution is 5.81. The lowest BCUT2D eigenvalue weighted by molar-refractivity contribution is 0.130. The monoisotopic (exact) mass is 368 g/mol. The van der Waals surface area contributed by atoms with E-state index >= 15 is 0 Å². The van der Waals surface area contributed by atoms with Gasteiger partial charge in [0, 0.05) is 11.1 Å². The minimum absolute atomic E-state index is 0.237. The summed E-state index contributed by atoms with van der Waals surface area (Å²) in [5.41, 5.74) is 6.22. The van der Waals surface area contributed by atoms with E-state index in [-0.39, 0.29) is 5.60 Å². The van der Waals surface area contributed by atoms with Gasteiger partial charge < -0.3 is 9.47 Å². The Balaban J connectivity index is 2.81. The van der Waals surface area contributed by atoms with Crippen molar-refractivity contribution in [2.24, 2.45) is 0 Å². The number of ether oxygens (including phenoxy) is 2. The molecule has 0 N–H and O–H groups in total. The van der Waals surface area contributed by atoms with Gasteiger partial charge in [-0.15, -0.1) is 0 Å². The Morgan fingerprint density at radius 2 is 1.63 bits per heavy atom. The summed E-state index contributed by atoms with van der Waals surface area (Å²) in [6, 6.07) is 10.8. The van der Waals surface area contributed by atoms with Crippen molar-refractivity contribution in [1.29, 1.82) is 0 Å². The first-order valence-electron chi connectivity index (χ1n) is 10.2. The van der Waals surface area contributed by atoms with Crippen LogP contribution in [0.25, 0.3) is 11.1 Å². The van der Waals surface area contributed by atoms with Crippen molar-refractivity contribution in [3.8, 4) is 22.6 Å². The average Bonchev–Trinajstić information content (AvgIpc) is 2.62. The zero-order valence-corrected chi connectivity index (χ0v) is 18.4. The summed E-state index contributed by atoms with van der Waals surface area (Å²) in [5, 5.41) is 0. The SMILES string of the molecule is CCCc1cccc(C(C)CC)c1-c1c(OC)ccc(OC(C)(C)C)c1C. The molecule has 0 aliphatic heterocycles. The van der Waals surface area contributed by atoms with Crippen molar-refractivity contribution >= 4 is 0 Å². The molecular weight excluding hydrogens is 332 g/mol. The molecule has 27 heavy (non-hydrogen) atoms. The first kappa shape index (κ1) is 21.3. The number of hydrogen-bond acceptors (Lipinski definition) is 2. The molecule has 1 unspecified atom stereocenters. The Bertz CT molecular complexity index is 769. The molecule has 148 valence electrons. The summed E-state index contributed by atoms with van der Waals surface area (Å²) < 4.78 is 12.1. The Hall–Kier alpha value is -1.96. The lowest BCUT2D eigenvalue weighted by atomic mass is 9.83. The van der Waals surface area contributed by atoms with Crippen LogP contribution in [0.4, 0.5) is 0 Å². The van der Waals surface area contributed by atoms with Gasteiger partial charge in [-0.3, -0.25) is 0 Å². The van der Waals surface area contributed by atoms with Crippen LogP contribution in [0.3, 0.4) is 0 Å². The second-order valence-corrected chi connectivity index (χ2v) is 8.42. The van der Waals surface area contributed by atoms with E-state index in [4.69, 9.17) is 9.47 Å². The molecule has 0 aliphatic rings. The van der Waals surface area contributed by atoms with E-state index in [1.165, 1.54) is 22.3 Å². The number of methoxy groups -OCH3 is 1. The molecule has 0 radical (unpaired) electrons. The highest BCUT2D eigenvalue weighted by Crippen LogP contribution is 2.44. The van der Waals surface area contributed by atoms with Crippen LogP contribution >= 0.6 is 0 Å². The van der Waals surface area contributed by atoms with Crippen molar-refractivity contribution in [2.75, 3.05) is 7.11 Å². The average molecular weight is 369 g/mol. The second-order valence-electron chi connectivity index (χ2n) is 8.42. The largest absolute Gasteiger partial charge is 0.496 e. The Morgan fingerprint density at radius 1 is 0.963 bits per heavy atom. The maximum atomic E-state index is 6.27. The number of aryl methyl sites for hydroxylation is 1. The second kappa shape index (κ2) is 8.82. The maximum Gasteiger partial charge on any atom is 0.127 e. The van der Waals surface area contributed by atoms with Gasteiger partial charge in [-0.25, -0.2) is 0 Å². The summed E-state index contributed by atoms with van der Waals surface area (Å²) in [6.45, 7) is 15.2. The van der Waals surface area contributed by atoms with Gasteiger partial charge in [-0.05, 0) is 75.3 Å². The van der Waals surface area contributed by atoms with Crippen LogP contribution in [0, 0.1) is 6.92 Å². The molecule has 2 aromatic carbocycles. The summed E-state index contributed by atoms with van der Waals surface area (Å²) >= 11 is 0. The summed E-state index contributed by atoms with van der Waals surface area (Å²) in [7, 11) is 1.76. The Morgan fingerprint density at radius 3 is 2.19 bits per heavy atom. The minimum atomic E-state index is -0.237. The maximum absolute atomic E-state index is 6.27. The molecule has 2 nitrogen and oxygen atoms in total. The zero-order valence-electron chi connectivity index (χ0n) is 18.4. The molecule has 0 saturated heterocycles. The molecule has 0 heterocycles. The number of benzene rings is 2. The Labute approximate surface area is 165 Å². The van der Waals surface area contributed by atoms with Gasteiger partial charge in [0.2, 0.25) is 0 Å². The molecule has 0 amide bonds. The smallest absolute Gasteiger partial charge is 0.127 e. The lowest BCUT2D eigenvalue weighted by Crippen LogP contribution is -2.23. The fourth-order valence-corrected chi connectivity index (χ4v) is 3.62. The van der Waals surface area contributed by atoms with Crippen LogP contribution in [0.2, 0.25) is 0 Å². The normalized spacial score (nSPS) is 12.7. The van der Waals surface area contributed by atoms with Crippen molar-refractivity contribution in [3.05, 3.63) is 47.0 Å². The topological polar surface area (TPSA) is 18.5 Å². The molecule has 0 spiro atoms. The molecule has 1 atom stereocenters. The van der Waals surface area contributed by atoms with Crippen molar-refractivity contribution in [2.45, 2.75) is 79.2 Å². The zero-order chi connectivity index (χ0) is 20.2. The van der Waals surface area contributed by atoms with E-state index in [9.17, 15) is 0 Å². The van der Waals surface area contributed by atoms with Crippen LogP contribution < -0.4 is 9.47 Å². The third-order valence-corrected chi connectivity index (χ3v) is 5.11. The predicted molar refractivity (Wildman–Crippen MR) is 116 cm³/mol. The standard InChI is InChI=1S/C25H36O2/c1-9-12-19-13-11-14-20(17(3)10-2)24(19)23-18(4)21(27-25(5,6)7)15-16-22(23)26-8/h11,13-17H,9-10,12H2,1-8H3. The third kappa shape index (κ3) is 4.86. The van der Waals surface area contributed by atoms with Crippen molar-refractivity contribution in [3.63, 3.8) is 0 Å². The molecule has 0 saturated carbocycles. The van der Waals surface area contributed by atoms with Gasteiger partial charge in [0.15, 0.2) is 0 Å². The van der Waals surface area contributed by atoms with Gasteiger partial charge in [0.25, 0.3) is 0 Å². The quantitative estimate of drug-likeness (QED) is 0.510. The molecule has 0 fully saturated rings. The van der Waals surface area contributed by atoms with E-state index in [1.54, 1.807) is 7.11 Å². The molecule has 2 heteroatoms. The van der Waals surface area contributed by atoms with Gasteiger partial charge in [0.05, 0.1) is 7.11 Å². The Kier molecular flexibility index (Phi) is 6.97. The van der Waals surface area contributed by atoms with Crippen LogP contribution in [0.1, 0.15) is 77.0 Å². The van der Waals surface area contributed by atoms with Crippen LogP contribution in [0.15, 0.2) is 30.3 Å². The van der Waals surface area contributed by atoms with Crippen LogP contribution in [-0.4, -0.2) is 12.7 Å². The van der Waals surface area contributed by atoms with Gasteiger partial charge in [0.1, 0.15) is 17.1 Å². The van der Waals surface area contributed by atoms with E-state index in [0.717, 1.165) is 36.3 Å². The highest BCUT2D eigenvalue weighted by Gasteiger charge is 2.23. The highest BCUT2D eigenvalue weighted by atomic mass is 16.5. The van der Waals surface area contributed by atoms with E-state index in [1.807, 2.05) is 12.1 Å². The van der Waals surface area contributed by atoms with E-state index in [2.05, 4.69) is 66.7 Å². The van der Waals surface area contributed by atoms with Gasteiger partial charge >= 0.3 is 0 Å². The van der Waals surface area contributed by atoms with Crippen LogP contribution in [-0.2, 0) is 6.42 Å². The fraction of sp³-hybridized carbons (Fsp3) is 0.520. The lowest BCUT2D eigenvalue weighted by Gasteiger charge is -2.26. The molecule has 0 bridgehead atoms. The molecule has 2 aromatic rings. The molecule has 0 aliphatic carbocycles. The van der Waals surface area contributed by atoms with Crippen molar-refractivity contribution in [1.82, 2.24) is 0 Å². The van der Waals surface area contributed by atoms with Gasteiger partial charge in [-0.1, -0.05) is 45.4 Å². The molecule has 0 aromatic heterocycles.